The average molecular weight is 301 g/mol. The van der Waals surface area contributed by atoms with Crippen molar-refractivity contribution in [1.82, 2.24) is 5.43 Å². The molecule has 8 heteroatoms. The van der Waals surface area contributed by atoms with Crippen molar-refractivity contribution >= 4 is 17.8 Å². The van der Waals surface area contributed by atoms with Crippen LogP contribution in [0.2, 0.25) is 0 Å². The zero-order valence-corrected chi connectivity index (χ0v) is 11.1. The summed E-state index contributed by atoms with van der Waals surface area (Å²) in [4.78, 5) is 21.6. The molecule has 0 spiro atoms. The Hall–Kier alpha value is -3.42. The summed E-state index contributed by atoms with van der Waals surface area (Å²) in [6.45, 7) is 0. The Morgan fingerprint density at radius 3 is 2.50 bits per heavy atom. The molecule has 112 valence electrons. The number of nitrogens with zero attached hydrogens (tertiary/aromatic N) is 2. The van der Waals surface area contributed by atoms with Gasteiger partial charge in [0.25, 0.3) is 5.91 Å². The lowest BCUT2D eigenvalue weighted by Gasteiger charge is -2.02. The highest BCUT2D eigenvalue weighted by molar-refractivity contribution is 5.95. The Morgan fingerprint density at radius 1 is 1.18 bits per heavy atom. The second-order valence-electron chi connectivity index (χ2n) is 4.22. The van der Waals surface area contributed by atoms with E-state index in [1.54, 1.807) is 30.3 Å². The molecule has 0 aliphatic carbocycles. The van der Waals surface area contributed by atoms with Crippen LogP contribution in [0, 0.1) is 10.1 Å². The van der Waals surface area contributed by atoms with Gasteiger partial charge in [0, 0.05) is 23.3 Å². The van der Waals surface area contributed by atoms with Crippen LogP contribution in [0.25, 0.3) is 0 Å². The lowest BCUT2D eigenvalue weighted by Crippen LogP contribution is -2.17. The fourth-order valence-corrected chi connectivity index (χ4v) is 1.65. The van der Waals surface area contributed by atoms with Gasteiger partial charge < -0.3 is 10.2 Å². The Kier molecular flexibility index (Phi) is 4.33. The first-order valence-electron chi connectivity index (χ1n) is 6.08. The summed E-state index contributed by atoms with van der Waals surface area (Å²) in [7, 11) is 0. The molecule has 0 heterocycles. The standard InChI is InChI=1S/C14H11N3O5/c18-12-7-13(19)11(17(21)22)6-10(12)8-15-16-14(20)9-4-2-1-3-5-9/h1-8,18-19H,(H,16,20)/b15-8-. The number of carbonyl (C=O) groups excluding carboxylic acids is 1. The molecule has 0 unspecified atom stereocenters. The molecule has 0 radical (unpaired) electrons. The van der Waals surface area contributed by atoms with Gasteiger partial charge in [-0.05, 0) is 12.1 Å². The van der Waals surface area contributed by atoms with Crippen molar-refractivity contribution in [2.24, 2.45) is 5.10 Å². The van der Waals surface area contributed by atoms with Crippen LogP contribution >= 0.6 is 0 Å². The molecule has 0 fully saturated rings. The highest BCUT2D eigenvalue weighted by Crippen LogP contribution is 2.31. The molecule has 0 aromatic heterocycles. The van der Waals surface area contributed by atoms with Crippen molar-refractivity contribution in [1.29, 1.82) is 0 Å². The van der Waals surface area contributed by atoms with Crippen molar-refractivity contribution in [3.05, 3.63) is 63.7 Å². The van der Waals surface area contributed by atoms with Crippen molar-refractivity contribution in [3.63, 3.8) is 0 Å². The predicted molar refractivity (Wildman–Crippen MR) is 77.9 cm³/mol. The van der Waals surface area contributed by atoms with E-state index < -0.39 is 28.0 Å². The summed E-state index contributed by atoms with van der Waals surface area (Å²) in [5, 5.41) is 33.2. The van der Waals surface area contributed by atoms with E-state index in [2.05, 4.69) is 10.5 Å². The summed E-state index contributed by atoms with van der Waals surface area (Å²) in [6, 6.07) is 10.1. The summed E-state index contributed by atoms with van der Waals surface area (Å²) in [6.07, 6.45) is 1.04. The number of hydrazone groups is 1. The highest BCUT2D eigenvalue weighted by Gasteiger charge is 2.16. The molecule has 3 N–H and O–H groups in total. The fourth-order valence-electron chi connectivity index (χ4n) is 1.65. The van der Waals surface area contributed by atoms with E-state index in [0.29, 0.717) is 5.56 Å². The molecule has 0 saturated carbocycles. The van der Waals surface area contributed by atoms with Crippen LogP contribution in [0.1, 0.15) is 15.9 Å². The molecular weight excluding hydrogens is 290 g/mol. The van der Waals surface area contributed by atoms with Gasteiger partial charge in [-0.1, -0.05) is 18.2 Å². The van der Waals surface area contributed by atoms with Gasteiger partial charge in [-0.2, -0.15) is 5.10 Å². The number of hydrogen-bond donors (Lipinski definition) is 3. The number of amides is 1. The Labute approximate surface area is 124 Å². The number of carbonyl (C=O) groups is 1. The van der Waals surface area contributed by atoms with E-state index in [9.17, 15) is 25.1 Å². The first kappa shape index (κ1) is 15.0. The van der Waals surface area contributed by atoms with Crippen LogP contribution in [0.15, 0.2) is 47.6 Å². The van der Waals surface area contributed by atoms with Crippen LogP contribution in [-0.4, -0.2) is 27.3 Å². The molecule has 1 amide bonds. The van der Waals surface area contributed by atoms with Gasteiger partial charge in [-0.3, -0.25) is 14.9 Å². The number of phenols is 2. The number of phenolic OH excluding ortho intramolecular Hbond substituents is 2. The van der Waals surface area contributed by atoms with Crippen LogP contribution in [0.3, 0.4) is 0 Å². The van der Waals surface area contributed by atoms with Crippen LogP contribution in [0.4, 0.5) is 5.69 Å². The minimum atomic E-state index is -0.797. The maximum atomic E-state index is 11.7. The predicted octanol–water partition coefficient (Wildman–Crippen LogP) is 1.77. The van der Waals surface area contributed by atoms with E-state index in [1.165, 1.54) is 0 Å². The van der Waals surface area contributed by atoms with E-state index >= 15 is 0 Å². The summed E-state index contributed by atoms with van der Waals surface area (Å²) < 4.78 is 0. The van der Waals surface area contributed by atoms with Gasteiger partial charge >= 0.3 is 5.69 Å². The van der Waals surface area contributed by atoms with Crippen LogP contribution < -0.4 is 5.43 Å². The smallest absolute Gasteiger partial charge is 0.311 e. The normalized spacial score (nSPS) is 10.5. The van der Waals surface area contributed by atoms with E-state index in [-0.39, 0.29) is 5.56 Å². The van der Waals surface area contributed by atoms with Crippen molar-refractivity contribution in [2.45, 2.75) is 0 Å². The van der Waals surface area contributed by atoms with Gasteiger partial charge in [0.1, 0.15) is 5.75 Å². The maximum Gasteiger partial charge on any atom is 0.311 e. The molecular formula is C14H11N3O5. The van der Waals surface area contributed by atoms with E-state index in [4.69, 9.17) is 0 Å². The zero-order chi connectivity index (χ0) is 16.1. The molecule has 0 aliphatic heterocycles. The Balaban J connectivity index is 2.15. The Morgan fingerprint density at radius 2 is 1.86 bits per heavy atom. The number of benzene rings is 2. The largest absolute Gasteiger partial charge is 0.507 e. The van der Waals surface area contributed by atoms with Gasteiger partial charge in [-0.25, -0.2) is 5.43 Å². The lowest BCUT2D eigenvalue weighted by atomic mass is 10.2. The fraction of sp³-hybridized carbons (Fsp3) is 0. The molecule has 0 bridgehead atoms. The minimum absolute atomic E-state index is 0.0159. The average Bonchev–Trinajstić information content (AvgIpc) is 2.49. The number of nitro benzene ring substituents is 1. The third-order valence-electron chi connectivity index (χ3n) is 2.73. The quantitative estimate of drug-likeness (QED) is 0.451. The number of nitro groups is 1. The SMILES string of the molecule is O=C(N/N=C\c1cc([N+](=O)[O-])c(O)cc1O)c1ccccc1. The van der Waals surface area contributed by atoms with Crippen molar-refractivity contribution < 1.29 is 19.9 Å². The summed E-state index contributed by atoms with van der Waals surface area (Å²) in [5.41, 5.74) is 2.02. The number of nitrogens with one attached hydrogen (secondary N) is 1. The molecule has 8 nitrogen and oxygen atoms in total. The maximum absolute atomic E-state index is 11.7. The van der Waals surface area contributed by atoms with Crippen LogP contribution in [-0.2, 0) is 0 Å². The first-order valence-corrected chi connectivity index (χ1v) is 6.08. The van der Waals surface area contributed by atoms with Gasteiger partial charge in [0.15, 0.2) is 5.75 Å². The van der Waals surface area contributed by atoms with Crippen molar-refractivity contribution in [2.75, 3.05) is 0 Å². The topological polar surface area (TPSA) is 125 Å². The molecule has 0 atom stereocenters. The molecule has 2 aromatic rings. The third kappa shape index (κ3) is 3.37. The van der Waals surface area contributed by atoms with Gasteiger partial charge in [-0.15, -0.1) is 0 Å². The monoisotopic (exact) mass is 301 g/mol. The zero-order valence-electron chi connectivity index (χ0n) is 11.1. The first-order chi connectivity index (χ1) is 10.5. The molecule has 0 aliphatic rings. The number of rotatable bonds is 4. The minimum Gasteiger partial charge on any atom is -0.507 e. The second-order valence-corrected chi connectivity index (χ2v) is 4.22. The number of hydrogen-bond acceptors (Lipinski definition) is 6. The molecule has 2 rings (SSSR count). The highest BCUT2D eigenvalue weighted by atomic mass is 16.6. The van der Waals surface area contributed by atoms with E-state index in [1.807, 2.05) is 0 Å². The summed E-state index contributed by atoms with van der Waals surface area (Å²) in [5.74, 6) is -1.53. The Bertz CT molecular complexity index is 744. The second kappa shape index (κ2) is 6.35. The van der Waals surface area contributed by atoms with Crippen molar-refractivity contribution in [3.8, 4) is 11.5 Å². The molecule has 0 saturated heterocycles. The van der Waals surface area contributed by atoms with Crippen LogP contribution in [0.5, 0.6) is 11.5 Å². The molecule has 2 aromatic carbocycles. The van der Waals surface area contributed by atoms with E-state index in [0.717, 1.165) is 18.3 Å². The lowest BCUT2D eigenvalue weighted by molar-refractivity contribution is -0.385. The summed E-state index contributed by atoms with van der Waals surface area (Å²) >= 11 is 0. The number of aromatic hydroxyl groups is 2. The third-order valence-corrected chi connectivity index (χ3v) is 2.73. The van der Waals surface area contributed by atoms with Gasteiger partial charge in [0.05, 0.1) is 11.1 Å². The molecule has 22 heavy (non-hydrogen) atoms. The van der Waals surface area contributed by atoms with Gasteiger partial charge in [0.2, 0.25) is 0 Å².